The molecule has 0 radical (unpaired) electrons. The van der Waals surface area contributed by atoms with Crippen LogP contribution in [0.3, 0.4) is 0 Å². The second-order valence-electron chi connectivity index (χ2n) is 8.51. The third-order valence-corrected chi connectivity index (χ3v) is 6.08. The van der Waals surface area contributed by atoms with E-state index in [1.807, 2.05) is 0 Å². The van der Waals surface area contributed by atoms with Crippen molar-refractivity contribution in [1.29, 1.82) is 0 Å². The maximum Gasteiger partial charge on any atom is 0.252 e. The zero-order valence-corrected chi connectivity index (χ0v) is 16.4. The largest absolute Gasteiger partial charge is 0.365 e. The van der Waals surface area contributed by atoms with E-state index in [-0.39, 0.29) is 5.41 Å². The van der Waals surface area contributed by atoms with Gasteiger partial charge in [-0.2, -0.15) is 0 Å². The van der Waals surface area contributed by atoms with Gasteiger partial charge in [-0.1, -0.05) is 41.0 Å². The molecule has 0 aromatic carbocycles. The minimum absolute atomic E-state index is 0.0367. The monoisotopic (exact) mass is 346 g/mol. The molecule has 1 aromatic heterocycles. The van der Waals surface area contributed by atoms with Crippen LogP contribution >= 0.6 is 0 Å². The molecule has 5 heteroatoms. The van der Waals surface area contributed by atoms with E-state index in [2.05, 4.69) is 49.9 Å². The van der Waals surface area contributed by atoms with Crippen molar-refractivity contribution in [3.63, 3.8) is 0 Å². The first-order valence-electron chi connectivity index (χ1n) is 9.65. The standard InChI is InChI=1S/C20H34N4O/c1-6-14-7-9-15(10-8-14)23-19-22-12-16(18(21)25)17(24-19)11-20(4,5)13(2)3/h12-15H,6-11H2,1-5H3,(H2,21,25)(H,22,23,24). The number of carbonyl (C=O) groups is 1. The molecule has 2 rings (SSSR count). The van der Waals surface area contributed by atoms with Gasteiger partial charge < -0.3 is 11.1 Å². The fraction of sp³-hybridized carbons (Fsp3) is 0.750. The van der Waals surface area contributed by atoms with Crippen molar-refractivity contribution in [3.8, 4) is 0 Å². The molecule has 1 aromatic rings. The molecule has 25 heavy (non-hydrogen) atoms. The van der Waals surface area contributed by atoms with Crippen LogP contribution < -0.4 is 11.1 Å². The smallest absolute Gasteiger partial charge is 0.252 e. The maximum atomic E-state index is 11.8. The van der Waals surface area contributed by atoms with E-state index in [0.717, 1.165) is 24.5 Å². The Kier molecular flexibility index (Phi) is 6.42. The molecule has 0 saturated heterocycles. The summed E-state index contributed by atoms with van der Waals surface area (Å²) >= 11 is 0. The highest BCUT2D eigenvalue weighted by molar-refractivity contribution is 5.93. The lowest BCUT2D eigenvalue weighted by Crippen LogP contribution is -2.29. The van der Waals surface area contributed by atoms with E-state index in [1.54, 1.807) is 6.20 Å². The Morgan fingerprint density at radius 1 is 1.32 bits per heavy atom. The van der Waals surface area contributed by atoms with E-state index in [9.17, 15) is 4.79 Å². The predicted octanol–water partition coefficient (Wildman–Crippen LogP) is 4.18. The fourth-order valence-electron chi connectivity index (χ4n) is 3.36. The Bertz CT molecular complexity index is 589. The summed E-state index contributed by atoms with van der Waals surface area (Å²) in [4.78, 5) is 20.8. The Labute approximate surface area is 152 Å². The van der Waals surface area contributed by atoms with Crippen molar-refractivity contribution in [3.05, 3.63) is 17.5 Å². The molecule has 0 atom stereocenters. The van der Waals surface area contributed by atoms with Crippen LogP contribution in [-0.4, -0.2) is 21.9 Å². The molecule has 1 saturated carbocycles. The number of anilines is 1. The minimum atomic E-state index is -0.454. The summed E-state index contributed by atoms with van der Waals surface area (Å²) in [5, 5.41) is 3.47. The summed E-state index contributed by atoms with van der Waals surface area (Å²) in [5.41, 5.74) is 6.77. The molecule has 140 valence electrons. The summed E-state index contributed by atoms with van der Waals surface area (Å²) in [6.07, 6.45) is 8.41. The van der Waals surface area contributed by atoms with Gasteiger partial charge in [-0.05, 0) is 49.4 Å². The number of primary amides is 1. The van der Waals surface area contributed by atoms with Gasteiger partial charge in [0.1, 0.15) is 0 Å². The van der Waals surface area contributed by atoms with Gasteiger partial charge in [0.25, 0.3) is 5.91 Å². The summed E-state index contributed by atoms with van der Waals surface area (Å²) < 4.78 is 0. The quantitative estimate of drug-likeness (QED) is 0.776. The number of nitrogens with two attached hydrogens (primary N) is 1. The molecular weight excluding hydrogens is 312 g/mol. The lowest BCUT2D eigenvalue weighted by Gasteiger charge is -2.30. The normalized spacial score (nSPS) is 21.4. The Morgan fingerprint density at radius 2 is 1.96 bits per heavy atom. The first-order chi connectivity index (χ1) is 11.7. The summed E-state index contributed by atoms with van der Waals surface area (Å²) in [7, 11) is 0. The second-order valence-corrected chi connectivity index (χ2v) is 8.51. The SMILES string of the molecule is CCC1CCC(Nc2ncc(C(N)=O)c(CC(C)(C)C(C)C)n2)CC1. The summed E-state index contributed by atoms with van der Waals surface area (Å²) in [5.74, 6) is 1.51. The topological polar surface area (TPSA) is 80.9 Å². The lowest BCUT2D eigenvalue weighted by molar-refractivity contribution is 0.0997. The summed E-state index contributed by atoms with van der Waals surface area (Å²) in [6.45, 7) is 11.0. The number of nitrogens with zero attached hydrogens (tertiary/aromatic N) is 2. The Balaban J connectivity index is 2.15. The average molecular weight is 347 g/mol. The fourth-order valence-corrected chi connectivity index (χ4v) is 3.36. The van der Waals surface area contributed by atoms with Gasteiger partial charge in [-0.3, -0.25) is 4.79 Å². The van der Waals surface area contributed by atoms with E-state index in [1.165, 1.54) is 19.3 Å². The second kappa shape index (κ2) is 8.15. The molecular formula is C20H34N4O. The Morgan fingerprint density at radius 3 is 2.48 bits per heavy atom. The molecule has 3 N–H and O–H groups in total. The Hall–Kier alpha value is -1.65. The number of carbonyl (C=O) groups excluding carboxylic acids is 1. The third kappa shape index (κ3) is 5.16. The zero-order valence-electron chi connectivity index (χ0n) is 16.4. The van der Waals surface area contributed by atoms with Crippen molar-refractivity contribution in [1.82, 2.24) is 9.97 Å². The van der Waals surface area contributed by atoms with Gasteiger partial charge in [0.2, 0.25) is 5.95 Å². The zero-order chi connectivity index (χ0) is 18.6. The summed E-state index contributed by atoms with van der Waals surface area (Å²) in [6, 6.07) is 0.424. The van der Waals surface area contributed by atoms with Crippen LogP contribution in [-0.2, 0) is 6.42 Å². The minimum Gasteiger partial charge on any atom is -0.365 e. The molecule has 1 heterocycles. The number of hydrogen-bond acceptors (Lipinski definition) is 4. The number of amides is 1. The number of hydrogen-bond donors (Lipinski definition) is 2. The molecule has 1 fully saturated rings. The third-order valence-electron chi connectivity index (χ3n) is 6.08. The molecule has 1 aliphatic carbocycles. The number of nitrogens with one attached hydrogen (secondary N) is 1. The van der Waals surface area contributed by atoms with Gasteiger partial charge in [0.15, 0.2) is 0 Å². The molecule has 0 bridgehead atoms. The van der Waals surface area contributed by atoms with Crippen molar-refractivity contribution in [2.24, 2.45) is 23.0 Å². The first kappa shape index (κ1) is 19.7. The molecule has 0 unspecified atom stereocenters. The molecule has 1 amide bonds. The highest BCUT2D eigenvalue weighted by Crippen LogP contribution is 2.32. The van der Waals surface area contributed by atoms with Crippen LogP contribution in [0.15, 0.2) is 6.20 Å². The highest BCUT2D eigenvalue weighted by Gasteiger charge is 2.27. The first-order valence-corrected chi connectivity index (χ1v) is 9.65. The van der Waals surface area contributed by atoms with E-state index in [4.69, 9.17) is 5.73 Å². The van der Waals surface area contributed by atoms with Gasteiger partial charge in [-0.15, -0.1) is 0 Å². The molecule has 5 nitrogen and oxygen atoms in total. The van der Waals surface area contributed by atoms with Gasteiger partial charge >= 0.3 is 0 Å². The maximum absolute atomic E-state index is 11.8. The van der Waals surface area contributed by atoms with E-state index < -0.39 is 5.91 Å². The van der Waals surface area contributed by atoms with Crippen molar-refractivity contribution >= 4 is 11.9 Å². The van der Waals surface area contributed by atoms with Crippen molar-refractivity contribution in [2.45, 2.75) is 79.2 Å². The van der Waals surface area contributed by atoms with E-state index >= 15 is 0 Å². The van der Waals surface area contributed by atoms with Crippen LogP contribution in [0.4, 0.5) is 5.95 Å². The average Bonchev–Trinajstić information content (AvgIpc) is 2.55. The van der Waals surface area contributed by atoms with Crippen LogP contribution in [0, 0.1) is 17.3 Å². The lowest BCUT2D eigenvalue weighted by atomic mass is 9.77. The molecule has 0 aliphatic heterocycles. The van der Waals surface area contributed by atoms with Crippen molar-refractivity contribution in [2.75, 3.05) is 5.32 Å². The van der Waals surface area contributed by atoms with Gasteiger partial charge in [0.05, 0.1) is 11.3 Å². The van der Waals surface area contributed by atoms with Gasteiger partial charge in [-0.25, -0.2) is 9.97 Å². The molecule has 1 aliphatic rings. The van der Waals surface area contributed by atoms with Crippen LogP contribution in [0.25, 0.3) is 0 Å². The van der Waals surface area contributed by atoms with E-state index in [0.29, 0.717) is 29.9 Å². The van der Waals surface area contributed by atoms with Crippen molar-refractivity contribution < 1.29 is 4.79 Å². The highest BCUT2D eigenvalue weighted by atomic mass is 16.1. The molecule has 0 spiro atoms. The number of rotatable bonds is 7. The van der Waals surface area contributed by atoms with Gasteiger partial charge in [0, 0.05) is 12.2 Å². The number of aromatic nitrogens is 2. The predicted molar refractivity (Wildman–Crippen MR) is 103 cm³/mol. The van der Waals surface area contributed by atoms with Crippen LogP contribution in [0.5, 0.6) is 0 Å². The van der Waals surface area contributed by atoms with Crippen LogP contribution in [0.2, 0.25) is 0 Å². The van der Waals surface area contributed by atoms with Crippen LogP contribution in [0.1, 0.15) is 82.8 Å².